The smallest absolute Gasteiger partial charge is 0.147 e. The van der Waals surface area contributed by atoms with E-state index in [0.717, 1.165) is 31.9 Å². The van der Waals surface area contributed by atoms with Gasteiger partial charge in [-0.15, -0.1) is 0 Å². The van der Waals surface area contributed by atoms with Crippen molar-refractivity contribution in [3.05, 3.63) is 18.1 Å². The minimum Gasteiger partial charge on any atom is -0.382 e. The summed E-state index contributed by atoms with van der Waals surface area (Å²) in [4.78, 5) is 13.1. The maximum Gasteiger partial charge on any atom is 0.147 e. The molecule has 2 rings (SSSR count). The molecule has 0 amide bonds. The molecule has 1 aliphatic heterocycles. The lowest BCUT2D eigenvalue weighted by atomic mass is 10.1. The number of nitrogens with zero attached hydrogens (tertiary/aromatic N) is 4. The number of piperazine rings is 1. The zero-order valence-electron chi connectivity index (χ0n) is 10.9. The molecule has 1 fully saturated rings. The fourth-order valence-corrected chi connectivity index (χ4v) is 2.22. The summed E-state index contributed by atoms with van der Waals surface area (Å²) in [5, 5.41) is 7.29. The average molecular weight is 248 g/mol. The van der Waals surface area contributed by atoms with Crippen molar-refractivity contribution >= 4 is 11.7 Å². The van der Waals surface area contributed by atoms with Crippen LogP contribution in [0.2, 0.25) is 0 Å². The first kappa shape index (κ1) is 12.8. The second-order valence-electron chi connectivity index (χ2n) is 4.66. The van der Waals surface area contributed by atoms with Crippen LogP contribution in [-0.4, -0.2) is 53.4 Å². The Morgan fingerprint density at radius 3 is 2.78 bits per heavy atom. The molecule has 0 aliphatic carbocycles. The van der Waals surface area contributed by atoms with E-state index < -0.39 is 0 Å². The molecule has 0 spiro atoms. The Morgan fingerprint density at radius 2 is 2.22 bits per heavy atom. The van der Waals surface area contributed by atoms with Crippen LogP contribution in [0.5, 0.6) is 0 Å². The molecule has 0 aromatic carbocycles. The van der Waals surface area contributed by atoms with Gasteiger partial charge in [0.25, 0.3) is 0 Å². The molecular formula is C12H20N6. The molecule has 0 bridgehead atoms. The topological polar surface area (TPSA) is 82.1 Å². The van der Waals surface area contributed by atoms with E-state index in [0.29, 0.717) is 11.7 Å². The fraction of sp³-hybridized carbons (Fsp3) is 0.583. The molecule has 1 atom stereocenters. The summed E-state index contributed by atoms with van der Waals surface area (Å²) in [6, 6.07) is 0.563. The second-order valence-corrected chi connectivity index (χ2v) is 4.66. The Morgan fingerprint density at radius 1 is 1.44 bits per heavy atom. The number of nitrogen functional groups attached to an aromatic ring is 1. The summed E-state index contributed by atoms with van der Waals surface area (Å²) >= 11 is 0. The van der Waals surface area contributed by atoms with Crippen LogP contribution in [0.3, 0.4) is 0 Å². The van der Waals surface area contributed by atoms with E-state index in [4.69, 9.17) is 11.1 Å². The van der Waals surface area contributed by atoms with Gasteiger partial charge in [-0.3, -0.25) is 10.3 Å². The summed E-state index contributed by atoms with van der Waals surface area (Å²) in [5.41, 5.74) is 5.80. The summed E-state index contributed by atoms with van der Waals surface area (Å²) in [6.45, 7) is 5.17. The van der Waals surface area contributed by atoms with Crippen LogP contribution >= 0.6 is 0 Å². The Balaban J connectivity index is 2.09. The third-order valence-corrected chi connectivity index (χ3v) is 3.49. The number of hydrogen-bond acceptors (Lipinski definition) is 5. The van der Waals surface area contributed by atoms with Gasteiger partial charge in [-0.25, -0.2) is 9.97 Å². The molecular weight excluding hydrogens is 228 g/mol. The quantitative estimate of drug-likeness (QED) is 0.593. The monoisotopic (exact) mass is 248 g/mol. The normalized spacial score (nSPS) is 21.0. The van der Waals surface area contributed by atoms with Crippen molar-refractivity contribution in [3.63, 3.8) is 0 Å². The van der Waals surface area contributed by atoms with Crippen molar-refractivity contribution in [2.75, 3.05) is 31.6 Å². The summed E-state index contributed by atoms with van der Waals surface area (Å²) < 4.78 is 0. The third-order valence-electron chi connectivity index (χ3n) is 3.49. The van der Waals surface area contributed by atoms with E-state index in [1.807, 2.05) is 0 Å². The van der Waals surface area contributed by atoms with Gasteiger partial charge < -0.3 is 10.6 Å². The van der Waals surface area contributed by atoms with Crippen molar-refractivity contribution < 1.29 is 0 Å². The van der Waals surface area contributed by atoms with Crippen LogP contribution in [-0.2, 0) is 0 Å². The second kappa shape index (κ2) is 5.30. The molecule has 1 aromatic heterocycles. The predicted octanol–water partition coefficient (Wildman–Crippen LogP) is 0.291. The highest BCUT2D eigenvalue weighted by Crippen LogP contribution is 2.16. The van der Waals surface area contributed by atoms with Crippen molar-refractivity contribution in [2.45, 2.75) is 19.4 Å². The maximum absolute atomic E-state index is 7.29. The number of hydrogen-bond donors (Lipinski definition) is 2. The van der Waals surface area contributed by atoms with E-state index in [1.165, 1.54) is 0 Å². The van der Waals surface area contributed by atoms with Gasteiger partial charge in [0, 0.05) is 25.7 Å². The summed E-state index contributed by atoms with van der Waals surface area (Å²) in [7, 11) is 2.16. The minimum atomic E-state index is -0.0427. The van der Waals surface area contributed by atoms with E-state index >= 15 is 0 Å². The molecule has 1 saturated heterocycles. The fourth-order valence-electron chi connectivity index (χ4n) is 2.22. The van der Waals surface area contributed by atoms with E-state index in [2.05, 4.69) is 33.7 Å². The van der Waals surface area contributed by atoms with Crippen LogP contribution in [0.4, 0.5) is 5.82 Å². The van der Waals surface area contributed by atoms with Crippen LogP contribution in [0.25, 0.3) is 0 Å². The first-order chi connectivity index (χ1) is 8.61. The number of aromatic nitrogens is 2. The lowest BCUT2D eigenvalue weighted by molar-refractivity contribution is 0.213. The van der Waals surface area contributed by atoms with Gasteiger partial charge in [0.2, 0.25) is 0 Å². The highest BCUT2D eigenvalue weighted by molar-refractivity contribution is 5.92. The number of rotatable bonds is 3. The number of likely N-dealkylation sites (N-methyl/N-ethyl adjacent to an activating group) is 1. The van der Waals surface area contributed by atoms with Gasteiger partial charge in [0.15, 0.2) is 0 Å². The van der Waals surface area contributed by atoms with Crippen molar-refractivity contribution in [3.8, 4) is 0 Å². The Hall–Kier alpha value is -1.69. The van der Waals surface area contributed by atoms with E-state index in [-0.39, 0.29) is 5.84 Å². The molecule has 1 aromatic rings. The molecule has 18 heavy (non-hydrogen) atoms. The zero-order valence-corrected chi connectivity index (χ0v) is 10.9. The molecule has 6 nitrogen and oxygen atoms in total. The molecule has 2 heterocycles. The van der Waals surface area contributed by atoms with Gasteiger partial charge in [-0.05, 0) is 13.5 Å². The molecule has 98 valence electrons. The Bertz CT molecular complexity index is 415. The van der Waals surface area contributed by atoms with Crippen molar-refractivity contribution in [2.24, 2.45) is 5.73 Å². The van der Waals surface area contributed by atoms with Crippen LogP contribution in [0.15, 0.2) is 12.4 Å². The predicted molar refractivity (Wildman–Crippen MR) is 72.0 cm³/mol. The average Bonchev–Trinajstić information content (AvgIpc) is 2.39. The van der Waals surface area contributed by atoms with Gasteiger partial charge >= 0.3 is 0 Å². The summed E-state index contributed by atoms with van der Waals surface area (Å²) in [5.74, 6) is 0.824. The number of anilines is 1. The number of nitrogens with two attached hydrogens (primary N) is 1. The lowest BCUT2D eigenvalue weighted by Crippen LogP contribution is -2.51. The number of amidine groups is 1. The van der Waals surface area contributed by atoms with Gasteiger partial charge in [0.1, 0.15) is 17.3 Å². The largest absolute Gasteiger partial charge is 0.382 e. The highest BCUT2D eigenvalue weighted by Gasteiger charge is 2.23. The molecule has 3 N–H and O–H groups in total. The van der Waals surface area contributed by atoms with E-state index in [1.54, 1.807) is 12.4 Å². The van der Waals surface area contributed by atoms with Gasteiger partial charge in [0.05, 0.1) is 12.4 Å². The minimum absolute atomic E-state index is 0.0427. The van der Waals surface area contributed by atoms with Gasteiger partial charge in [-0.2, -0.15) is 0 Å². The highest BCUT2D eigenvalue weighted by atomic mass is 15.3. The maximum atomic E-state index is 7.29. The van der Waals surface area contributed by atoms with E-state index in [9.17, 15) is 0 Å². The Kier molecular flexibility index (Phi) is 3.76. The standard InChI is InChI=1S/C12H20N6/c1-3-9-8-18(5-4-17(9)2)11-7-15-10(6-16-11)12(13)14/h6-7,9H,3-5,8H2,1-2H3,(H3,13,14). The zero-order chi connectivity index (χ0) is 13.1. The molecule has 1 aliphatic rings. The first-order valence-electron chi connectivity index (χ1n) is 6.23. The lowest BCUT2D eigenvalue weighted by Gasteiger charge is -2.39. The first-order valence-corrected chi connectivity index (χ1v) is 6.23. The van der Waals surface area contributed by atoms with Gasteiger partial charge in [-0.1, -0.05) is 6.92 Å². The van der Waals surface area contributed by atoms with Crippen molar-refractivity contribution in [1.82, 2.24) is 14.9 Å². The summed E-state index contributed by atoms with van der Waals surface area (Å²) in [6.07, 6.45) is 4.40. The SMILES string of the molecule is CCC1CN(c2cnc(C(=N)N)cn2)CCN1C. The third kappa shape index (κ3) is 2.59. The van der Waals surface area contributed by atoms with Crippen molar-refractivity contribution in [1.29, 1.82) is 5.41 Å². The van der Waals surface area contributed by atoms with Crippen LogP contribution < -0.4 is 10.6 Å². The van der Waals surface area contributed by atoms with Crippen LogP contribution in [0.1, 0.15) is 19.0 Å². The molecule has 1 unspecified atom stereocenters. The Labute approximate surface area is 107 Å². The molecule has 6 heteroatoms. The number of nitrogens with one attached hydrogen (secondary N) is 1. The molecule has 0 radical (unpaired) electrons. The molecule has 0 saturated carbocycles. The van der Waals surface area contributed by atoms with Crippen LogP contribution in [0, 0.1) is 5.41 Å².